The van der Waals surface area contributed by atoms with Crippen molar-refractivity contribution in [2.45, 2.75) is 25.3 Å². The first-order valence-corrected chi connectivity index (χ1v) is 7.28. The average Bonchev–Trinajstić information content (AvgIpc) is 3.05. The lowest BCUT2D eigenvalue weighted by molar-refractivity contribution is -0.142. The van der Waals surface area contributed by atoms with Crippen LogP contribution in [0.3, 0.4) is 0 Å². The number of nitrogens with one attached hydrogen (secondary N) is 1. The molecule has 1 aromatic heterocycles. The van der Waals surface area contributed by atoms with Gasteiger partial charge in [-0.2, -0.15) is 0 Å². The summed E-state index contributed by atoms with van der Waals surface area (Å²) in [5.41, 5.74) is 5.65. The van der Waals surface area contributed by atoms with Crippen LogP contribution in [0.5, 0.6) is 0 Å². The molecular formula is C13H18N2O3S. The molecule has 5 nitrogen and oxygen atoms in total. The highest BCUT2D eigenvalue weighted by atomic mass is 32.1. The quantitative estimate of drug-likeness (QED) is 0.760. The van der Waals surface area contributed by atoms with Crippen molar-refractivity contribution < 1.29 is 14.7 Å². The molecule has 1 saturated carbocycles. The third-order valence-electron chi connectivity index (χ3n) is 3.66. The molecule has 0 aromatic carbocycles. The summed E-state index contributed by atoms with van der Waals surface area (Å²) in [5.74, 6) is -1.18. The number of hydrogen-bond donors (Lipinski definition) is 3. The monoisotopic (exact) mass is 282 g/mol. The van der Waals surface area contributed by atoms with Crippen molar-refractivity contribution in [3.63, 3.8) is 0 Å². The van der Waals surface area contributed by atoms with E-state index in [1.165, 1.54) is 11.3 Å². The van der Waals surface area contributed by atoms with Crippen LogP contribution >= 0.6 is 11.3 Å². The Morgan fingerprint density at radius 1 is 1.53 bits per heavy atom. The number of carboxylic acid groups (broad SMARTS) is 1. The van der Waals surface area contributed by atoms with Gasteiger partial charge in [0.1, 0.15) is 0 Å². The molecule has 4 N–H and O–H groups in total. The molecule has 0 spiro atoms. The lowest BCUT2D eigenvalue weighted by Crippen LogP contribution is -2.39. The summed E-state index contributed by atoms with van der Waals surface area (Å²) in [6.45, 7) is 0.481. The molecule has 104 valence electrons. The van der Waals surface area contributed by atoms with E-state index in [0.29, 0.717) is 11.4 Å². The van der Waals surface area contributed by atoms with Crippen LogP contribution in [-0.2, 0) is 9.59 Å². The lowest BCUT2D eigenvalue weighted by Gasteiger charge is -2.20. The fourth-order valence-electron chi connectivity index (χ4n) is 2.62. The Balaban J connectivity index is 2.05. The van der Waals surface area contributed by atoms with Crippen molar-refractivity contribution in [2.24, 2.45) is 17.6 Å². The molecule has 1 heterocycles. The smallest absolute Gasteiger partial charge is 0.331 e. The van der Waals surface area contributed by atoms with E-state index in [-0.39, 0.29) is 17.7 Å². The summed E-state index contributed by atoms with van der Waals surface area (Å²) in [7, 11) is 0. The van der Waals surface area contributed by atoms with Crippen LogP contribution < -0.4 is 11.1 Å². The molecule has 19 heavy (non-hydrogen) atoms. The summed E-state index contributed by atoms with van der Waals surface area (Å²) in [5, 5.41) is 13.7. The van der Waals surface area contributed by atoms with Gasteiger partial charge in [-0.1, -0.05) is 12.5 Å². The molecule has 0 radical (unpaired) electrons. The first kappa shape index (κ1) is 14.0. The highest BCUT2D eigenvalue weighted by Crippen LogP contribution is 2.32. The van der Waals surface area contributed by atoms with Gasteiger partial charge in [0, 0.05) is 10.8 Å². The van der Waals surface area contributed by atoms with Crippen molar-refractivity contribution in [3.8, 4) is 0 Å². The predicted molar refractivity (Wildman–Crippen MR) is 72.7 cm³/mol. The molecule has 0 bridgehead atoms. The third kappa shape index (κ3) is 3.13. The van der Waals surface area contributed by atoms with Crippen molar-refractivity contribution in [2.75, 3.05) is 6.54 Å². The Labute approximate surface area is 115 Å². The van der Waals surface area contributed by atoms with Gasteiger partial charge < -0.3 is 16.2 Å². The first-order chi connectivity index (χ1) is 9.13. The Kier molecular flexibility index (Phi) is 4.55. The average molecular weight is 282 g/mol. The van der Waals surface area contributed by atoms with E-state index in [9.17, 15) is 14.7 Å². The Morgan fingerprint density at radius 3 is 2.89 bits per heavy atom. The lowest BCUT2D eigenvalue weighted by atomic mass is 9.95. The van der Waals surface area contributed by atoms with E-state index < -0.39 is 12.0 Å². The van der Waals surface area contributed by atoms with Crippen LogP contribution in [0.1, 0.15) is 30.2 Å². The van der Waals surface area contributed by atoms with E-state index >= 15 is 0 Å². The zero-order valence-electron chi connectivity index (χ0n) is 10.5. The molecule has 3 unspecified atom stereocenters. The summed E-state index contributed by atoms with van der Waals surface area (Å²) in [6, 6.07) is 2.55. The van der Waals surface area contributed by atoms with Crippen molar-refractivity contribution in [1.29, 1.82) is 0 Å². The van der Waals surface area contributed by atoms with E-state index in [1.807, 2.05) is 0 Å². The second kappa shape index (κ2) is 6.16. The van der Waals surface area contributed by atoms with Gasteiger partial charge in [-0.25, -0.2) is 4.79 Å². The SMILES string of the molecule is NCC1CCCC1C(=O)NC(C(=O)O)c1cccs1. The highest BCUT2D eigenvalue weighted by Gasteiger charge is 2.34. The highest BCUT2D eigenvalue weighted by molar-refractivity contribution is 7.10. The van der Waals surface area contributed by atoms with E-state index in [0.717, 1.165) is 19.3 Å². The zero-order valence-corrected chi connectivity index (χ0v) is 11.4. The van der Waals surface area contributed by atoms with Crippen LogP contribution in [0.15, 0.2) is 17.5 Å². The maximum atomic E-state index is 12.2. The van der Waals surface area contributed by atoms with Crippen LogP contribution in [0.2, 0.25) is 0 Å². The number of rotatable bonds is 5. The van der Waals surface area contributed by atoms with Gasteiger partial charge >= 0.3 is 5.97 Å². The normalized spacial score (nSPS) is 24.1. The van der Waals surface area contributed by atoms with Gasteiger partial charge in [-0.05, 0) is 36.8 Å². The number of aliphatic carboxylic acids is 1. The molecule has 3 atom stereocenters. The maximum absolute atomic E-state index is 12.2. The number of hydrogen-bond acceptors (Lipinski definition) is 4. The molecule has 1 aromatic rings. The van der Waals surface area contributed by atoms with Crippen LogP contribution in [-0.4, -0.2) is 23.5 Å². The second-order valence-corrected chi connectivity index (χ2v) is 5.81. The number of carbonyl (C=O) groups excluding carboxylic acids is 1. The van der Waals surface area contributed by atoms with E-state index in [2.05, 4.69) is 5.32 Å². The first-order valence-electron chi connectivity index (χ1n) is 6.40. The zero-order chi connectivity index (χ0) is 13.8. The minimum Gasteiger partial charge on any atom is -0.479 e. The molecule has 1 amide bonds. The molecule has 1 aliphatic carbocycles. The molecule has 2 rings (SSSR count). The number of thiophene rings is 1. The number of amides is 1. The van der Waals surface area contributed by atoms with Gasteiger partial charge in [-0.3, -0.25) is 4.79 Å². The second-order valence-electron chi connectivity index (χ2n) is 4.83. The molecule has 1 fully saturated rings. The molecule has 0 aliphatic heterocycles. The van der Waals surface area contributed by atoms with Crippen molar-refractivity contribution >= 4 is 23.2 Å². The van der Waals surface area contributed by atoms with Crippen LogP contribution in [0.4, 0.5) is 0 Å². The fourth-order valence-corrected chi connectivity index (χ4v) is 3.39. The fraction of sp³-hybridized carbons (Fsp3) is 0.538. The Hall–Kier alpha value is -1.40. The summed E-state index contributed by atoms with van der Waals surface area (Å²) in [6.07, 6.45) is 2.73. The molecule has 1 aliphatic rings. The molecule has 6 heteroatoms. The van der Waals surface area contributed by atoms with Gasteiger partial charge in [-0.15, -0.1) is 11.3 Å². The van der Waals surface area contributed by atoms with Gasteiger partial charge in [0.2, 0.25) is 5.91 Å². The Morgan fingerprint density at radius 2 is 2.32 bits per heavy atom. The number of carboxylic acids is 1. The van der Waals surface area contributed by atoms with Gasteiger partial charge in [0.05, 0.1) is 0 Å². The minimum absolute atomic E-state index is 0.146. The van der Waals surface area contributed by atoms with Crippen molar-refractivity contribution in [1.82, 2.24) is 5.32 Å². The predicted octanol–water partition coefficient (Wildman–Crippen LogP) is 1.37. The Bertz CT molecular complexity index is 447. The van der Waals surface area contributed by atoms with E-state index in [4.69, 9.17) is 5.73 Å². The van der Waals surface area contributed by atoms with Crippen molar-refractivity contribution in [3.05, 3.63) is 22.4 Å². The largest absolute Gasteiger partial charge is 0.479 e. The number of carbonyl (C=O) groups is 2. The summed E-state index contributed by atoms with van der Waals surface area (Å²) < 4.78 is 0. The third-order valence-corrected chi connectivity index (χ3v) is 4.60. The topological polar surface area (TPSA) is 92.4 Å². The molecule has 0 saturated heterocycles. The summed E-state index contributed by atoms with van der Waals surface area (Å²) >= 11 is 1.33. The molecular weight excluding hydrogens is 264 g/mol. The summed E-state index contributed by atoms with van der Waals surface area (Å²) in [4.78, 5) is 24.1. The van der Waals surface area contributed by atoms with Crippen LogP contribution in [0.25, 0.3) is 0 Å². The van der Waals surface area contributed by atoms with Gasteiger partial charge in [0.25, 0.3) is 0 Å². The standard InChI is InChI=1S/C13H18N2O3S/c14-7-8-3-1-4-9(8)12(16)15-11(13(17)18)10-5-2-6-19-10/h2,5-6,8-9,11H,1,3-4,7,14H2,(H,15,16)(H,17,18). The minimum atomic E-state index is -1.03. The van der Waals surface area contributed by atoms with E-state index in [1.54, 1.807) is 17.5 Å². The van der Waals surface area contributed by atoms with Crippen LogP contribution in [0, 0.1) is 11.8 Å². The number of nitrogens with two attached hydrogens (primary N) is 1. The maximum Gasteiger partial charge on any atom is 0.331 e. The van der Waals surface area contributed by atoms with Gasteiger partial charge in [0.15, 0.2) is 6.04 Å².